The Morgan fingerprint density at radius 1 is 1.26 bits per heavy atom. The summed E-state index contributed by atoms with van der Waals surface area (Å²) in [5.41, 5.74) is 9.14. The maximum atomic E-state index is 13.2. The first-order valence-corrected chi connectivity index (χ1v) is 6.44. The van der Waals surface area contributed by atoms with Gasteiger partial charge in [0.25, 0.3) is 0 Å². The van der Waals surface area contributed by atoms with Gasteiger partial charge in [-0.15, -0.1) is 0 Å². The van der Waals surface area contributed by atoms with E-state index in [-0.39, 0.29) is 5.82 Å². The normalized spacial score (nSPS) is 14.3. The van der Waals surface area contributed by atoms with Crippen LogP contribution in [0.25, 0.3) is 0 Å². The molecule has 3 rings (SSSR count). The van der Waals surface area contributed by atoms with E-state index in [1.807, 2.05) is 6.07 Å². The van der Waals surface area contributed by atoms with Crippen molar-refractivity contribution in [3.05, 3.63) is 59.0 Å². The number of halogens is 1. The third-order valence-electron chi connectivity index (χ3n) is 3.56. The molecule has 19 heavy (non-hydrogen) atoms. The van der Waals surface area contributed by atoms with E-state index in [1.54, 1.807) is 0 Å². The van der Waals surface area contributed by atoms with Gasteiger partial charge < -0.3 is 10.6 Å². The van der Waals surface area contributed by atoms with Gasteiger partial charge in [0.1, 0.15) is 11.6 Å². The van der Waals surface area contributed by atoms with Crippen LogP contribution in [0.4, 0.5) is 10.2 Å². The lowest BCUT2D eigenvalue weighted by Gasteiger charge is -2.31. The minimum absolute atomic E-state index is 0.304. The van der Waals surface area contributed by atoms with Crippen molar-refractivity contribution in [3.63, 3.8) is 0 Å². The van der Waals surface area contributed by atoms with Crippen molar-refractivity contribution < 1.29 is 4.39 Å². The molecule has 98 valence electrons. The number of rotatable bonds is 2. The van der Waals surface area contributed by atoms with Crippen molar-refractivity contribution in [3.8, 4) is 0 Å². The van der Waals surface area contributed by atoms with Crippen molar-refractivity contribution in [2.24, 2.45) is 5.73 Å². The molecular weight excluding hydrogens is 241 g/mol. The first-order valence-electron chi connectivity index (χ1n) is 6.44. The average Bonchev–Trinajstić information content (AvgIpc) is 2.46. The first kappa shape index (κ1) is 12.1. The molecule has 4 heteroatoms. The zero-order chi connectivity index (χ0) is 13.2. The van der Waals surface area contributed by atoms with E-state index >= 15 is 0 Å². The van der Waals surface area contributed by atoms with Crippen LogP contribution in [-0.2, 0) is 19.5 Å². The van der Waals surface area contributed by atoms with Gasteiger partial charge in [0.2, 0.25) is 0 Å². The molecular formula is C15H16FN3. The molecule has 0 radical (unpaired) electrons. The van der Waals surface area contributed by atoms with Crippen LogP contribution in [0.3, 0.4) is 0 Å². The van der Waals surface area contributed by atoms with Gasteiger partial charge in [-0.2, -0.15) is 0 Å². The molecule has 1 aromatic heterocycles. The minimum atomic E-state index is -0.332. The number of pyridine rings is 1. The van der Waals surface area contributed by atoms with Gasteiger partial charge in [-0.3, -0.25) is 0 Å². The summed E-state index contributed by atoms with van der Waals surface area (Å²) in [6.07, 6.45) is 2.24. The van der Waals surface area contributed by atoms with Crippen LogP contribution in [0.2, 0.25) is 0 Å². The standard InChI is InChI=1S/C15H16FN3/c16-14-7-13(8-17)15(18-9-14)19-6-5-11-3-1-2-4-12(11)10-19/h1-4,7,9H,5-6,8,10,17H2. The van der Waals surface area contributed by atoms with Gasteiger partial charge in [0.15, 0.2) is 0 Å². The number of aromatic nitrogens is 1. The summed E-state index contributed by atoms with van der Waals surface area (Å²) in [5.74, 6) is 0.472. The number of hydrogen-bond donors (Lipinski definition) is 1. The predicted octanol–water partition coefficient (Wildman–Crippen LogP) is 2.24. The molecule has 0 spiro atoms. The molecule has 3 nitrogen and oxygen atoms in total. The number of nitrogens with two attached hydrogens (primary N) is 1. The van der Waals surface area contributed by atoms with Crippen molar-refractivity contribution in [2.75, 3.05) is 11.4 Å². The molecule has 1 aliphatic heterocycles. The molecule has 0 saturated heterocycles. The van der Waals surface area contributed by atoms with Gasteiger partial charge >= 0.3 is 0 Å². The van der Waals surface area contributed by atoms with E-state index < -0.39 is 0 Å². The second kappa shape index (κ2) is 4.97. The van der Waals surface area contributed by atoms with Gasteiger partial charge in [0.05, 0.1) is 6.20 Å². The summed E-state index contributed by atoms with van der Waals surface area (Å²) in [6.45, 7) is 2.00. The molecule has 1 aromatic carbocycles. The number of hydrogen-bond acceptors (Lipinski definition) is 3. The smallest absolute Gasteiger partial charge is 0.141 e. The Morgan fingerprint density at radius 3 is 2.84 bits per heavy atom. The van der Waals surface area contributed by atoms with Crippen molar-refractivity contribution >= 4 is 5.82 Å². The lowest BCUT2D eigenvalue weighted by Crippen LogP contribution is -2.32. The van der Waals surface area contributed by atoms with Crippen LogP contribution >= 0.6 is 0 Å². The van der Waals surface area contributed by atoms with E-state index in [2.05, 4.69) is 28.1 Å². The summed E-state index contributed by atoms with van der Waals surface area (Å²) >= 11 is 0. The molecule has 0 fully saturated rings. The van der Waals surface area contributed by atoms with E-state index in [4.69, 9.17) is 5.73 Å². The molecule has 0 unspecified atom stereocenters. The van der Waals surface area contributed by atoms with Crippen molar-refractivity contribution in [1.29, 1.82) is 0 Å². The quantitative estimate of drug-likeness (QED) is 0.897. The second-order valence-corrected chi connectivity index (χ2v) is 4.78. The van der Waals surface area contributed by atoms with E-state index in [0.717, 1.165) is 30.9 Å². The molecule has 2 N–H and O–H groups in total. The lowest BCUT2D eigenvalue weighted by atomic mass is 9.99. The molecule has 0 amide bonds. The number of fused-ring (bicyclic) bond motifs is 1. The Morgan fingerprint density at radius 2 is 2.05 bits per heavy atom. The predicted molar refractivity (Wildman–Crippen MR) is 73.3 cm³/mol. The zero-order valence-electron chi connectivity index (χ0n) is 10.6. The Balaban J connectivity index is 1.93. The minimum Gasteiger partial charge on any atom is -0.352 e. The highest BCUT2D eigenvalue weighted by molar-refractivity contribution is 5.49. The fourth-order valence-electron chi connectivity index (χ4n) is 2.59. The Labute approximate surface area is 111 Å². The molecule has 0 bridgehead atoms. The van der Waals surface area contributed by atoms with Crippen LogP contribution < -0.4 is 10.6 Å². The Bertz CT molecular complexity index is 598. The summed E-state index contributed by atoms with van der Waals surface area (Å²) < 4.78 is 13.2. The molecule has 0 aliphatic carbocycles. The number of benzene rings is 1. The monoisotopic (exact) mass is 257 g/mol. The highest BCUT2D eigenvalue weighted by Gasteiger charge is 2.19. The fourth-order valence-corrected chi connectivity index (χ4v) is 2.59. The second-order valence-electron chi connectivity index (χ2n) is 4.78. The maximum absolute atomic E-state index is 13.2. The summed E-state index contributed by atoms with van der Waals surface area (Å²) in [7, 11) is 0. The molecule has 2 aromatic rings. The third kappa shape index (κ3) is 2.31. The highest BCUT2D eigenvalue weighted by atomic mass is 19.1. The molecule has 0 atom stereocenters. The molecule has 2 heterocycles. The van der Waals surface area contributed by atoms with E-state index in [9.17, 15) is 4.39 Å². The molecule has 1 aliphatic rings. The lowest BCUT2D eigenvalue weighted by molar-refractivity contribution is 0.615. The largest absolute Gasteiger partial charge is 0.352 e. The van der Waals surface area contributed by atoms with Crippen molar-refractivity contribution in [1.82, 2.24) is 4.98 Å². The van der Waals surface area contributed by atoms with Crippen LogP contribution in [0.1, 0.15) is 16.7 Å². The van der Waals surface area contributed by atoms with E-state index in [1.165, 1.54) is 23.4 Å². The Hall–Kier alpha value is -1.94. The average molecular weight is 257 g/mol. The Kier molecular flexibility index (Phi) is 3.17. The van der Waals surface area contributed by atoms with Crippen LogP contribution in [0, 0.1) is 5.82 Å². The van der Waals surface area contributed by atoms with Crippen molar-refractivity contribution in [2.45, 2.75) is 19.5 Å². The first-order chi connectivity index (χ1) is 9.28. The van der Waals surface area contributed by atoms with Crippen LogP contribution in [0.5, 0.6) is 0 Å². The fraction of sp³-hybridized carbons (Fsp3) is 0.267. The maximum Gasteiger partial charge on any atom is 0.141 e. The van der Waals surface area contributed by atoms with Crippen LogP contribution in [0.15, 0.2) is 36.5 Å². The SMILES string of the molecule is NCc1cc(F)cnc1N1CCc2ccccc2C1. The van der Waals surface area contributed by atoms with Gasteiger partial charge in [-0.1, -0.05) is 24.3 Å². The van der Waals surface area contributed by atoms with Crippen LogP contribution in [-0.4, -0.2) is 11.5 Å². The summed E-state index contributed by atoms with van der Waals surface area (Å²) in [5, 5.41) is 0. The molecule has 0 saturated carbocycles. The van der Waals surface area contributed by atoms with Gasteiger partial charge in [-0.25, -0.2) is 9.37 Å². The van der Waals surface area contributed by atoms with E-state index in [0.29, 0.717) is 6.54 Å². The third-order valence-corrected chi connectivity index (χ3v) is 3.56. The summed E-state index contributed by atoms with van der Waals surface area (Å²) in [4.78, 5) is 6.39. The number of anilines is 1. The van der Waals surface area contributed by atoms with Gasteiger partial charge in [-0.05, 0) is 23.6 Å². The topological polar surface area (TPSA) is 42.1 Å². The van der Waals surface area contributed by atoms with Gasteiger partial charge in [0, 0.05) is 25.2 Å². The summed E-state index contributed by atoms with van der Waals surface area (Å²) in [6, 6.07) is 9.88. The highest BCUT2D eigenvalue weighted by Crippen LogP contribution is 2.25. The zero-order valence-corrected chi connectivity index (χ0v) is 10.6. The number of nitrogens with zero attached hydrogens (tertiary/aromatic N) is 2.